The number of nitrogens with zero attached hydrogens (tertiary/aromatic N) is 1. The Balaban J connectivity index is 1.64. The highest BCUT2D eigenvalue weighted by Crippen LogP contribution is 2.38. The van der Waals surface area contributed by atoms with Gasteiger partial charge in [-0.2, -0.15) is 0 Å². The van der Waals surface area contributed by atoms with Crippen LogP contribution >= 0.6 is 0 Å². The molecule has 1 atom stereocenters. The molecule has 2 saturated heterocycles. The number of hydrogen-bond acceptors (Lipinski definition) is 3. The summed E-state index contributed by atoms with van der Waals surface area (Å²) in [6.07, 6.45) is 1.08. The van der Waals surface area contributed by atoms with Crippen molar-refractivity contribution in [1.82, 2.24) is 4.72 Å². The second kappa shape index (κ2) is 4.82. The summed E-state index contributed by atoms with van der Waals surface area (Å²) in [7, 11) is 0. The lowest BCUT2D eigenvalue weighted by molar-refractivity contribution is -0.160. The molecule has 7 heteroatoms. The van der Waals surface area contributed by atoms with Gasteiger partial charge in [-0.25, -0.2) is 13.3 Å². The van der Waals surface area contributed by atoms with Gasteiger partial charge in [-0.1, -0.05) is 6.07 Å². The second-order valence-electron chi connectivity index (χ2n) is 4.98. The third-order valence-electron chi connectivity index (χ3n) is 3.71. The lowest BCUT2D eigenvalue weighted by Gasteiger charge is -2.56. The number of benzene rings is 1. The summed E-state index contributed by atoms with van der Waals surface area (Å²) in [6, 6.07) is 4.92. The lowest BCUT2D eigenvalue weighted by Crippen LogP contribution is -2.68. The van der Waals surface area contributed by atoms with Crippen LogP contribution in [-0.4, -0.2) is 34.1 Å². The summed E-state index contributed by atoms with van der Waals surface area (Å²) in [5, 5.41) is 0. The molecule has 0 aliphatic carbocycles. The van der Waals surface area contributed by atoms with Gasteiger partial charge in [-0.15, -0.1) is 0 Å². The van der Waals surface area contributed by atoms with Crippen LogP contribution in [-0.2, 0) is 22.5 Å². The molecule has 1 aromatic rings. The molecule has 19 heavy (non-hydrogen) atoms. The van der Waals surface area contributed by atoms with E-state index in [9.17, 15) is 8.60 Å². The highest BCUT2D eigenvalue weighted by Gasteiger charge is 2.49. The van der Waals surface area contributed by atoms with Gasteiger partial charge in [0.15, 0.2) is 0 Å². The maximum atomic E-state index is 13.8. The number of ether oxygens (including phenoxy) is 1. The summed E-state index contributed by atoms with van der Waals surface area (Å²) in [5.74, 6) is -0.370. The van der Waals surface area contributed by atoms with Gasteiger partial charge in [0.25, 0.3) is 0 Å². The van der Waals surface area contributed by atoms with Crippen LogP contribution in [0.5, 0.6) is 0 Å². The average Bonchev–Trinajstić information content (AvgIpc) is 2.23. The molecular formula is C12H15FN2O3S. The lowest BCUT2D eigenvalue weighted by atomic mass is 9.86. The van der Waals surface area contributed by atoms with Gasteiger partial charge in [-0.3, -0.25) is 4.55 Å². The molecule has 2 heterocycles. The van der Waals surface area contributed by atoms with Crippen molar-refractivity contribution in [1.29, 1.82) is 0 Å². The summed E-state index contributed by atoms with van der Waals surface area (Å²) < 4.78 is 40.7. The normalized spacial score (nSPS) is 21.9. The van der Waals surface area contributed by atoms with Crippen molar-refractivity contribution >= 4 is 17.0 Å². The summed E-state index contributed by atoms with van der Waals surface area (Å²) in [6.45, 7) is 2.47. The Bertz CT molecular complexity index is 514. The number of nitrogens with one attached hydrogen (secondary N) is 1. The monoisotopic (exact) mass is 286 g/mol. The second-order valence-corrected chi connectivity index (χ2v) is 5.77. The first kappa shape index (κ1) is 13.0. The van der Waals surface area contributed by atoms with E-state index >= 15 is 0 Å². The molecule has 2 aliphatic rings. The maximum absolute atomic E-state index is 13.8. The number of anilines is 1. The third kappa shape index (κ3) is 2.51. The standard InChI is InChI=1S/C12H15FN2O3S/c13-11-5-10(2-1-9(11)6-14-19(16)17)15-7-12(8-15)3-4-18-12/h1-2,5,14H,3-4,6-8H2,(H,16,17). The molecular weight excluding hydrogens is 271 g/mol. The number of rotatable bonds is 4. The molecule has 0 bridgehead atoms. The largest absolute Gasteiger partial charge is 0.371 e. The van der Waals surface area contributed by atoms with E-state index in [0.29, 0.717) is 5.56 Å². The Morgan fingerprint density at radius 2 is 2.26 bits per heavy atom. The predicted octanol–water partition coefficient (Wildman–Crippen LogP) is 1.03. The minimum absolute atomic E-state index is 0.0183. The highest BCUT2D eigenvalue weighted by atomic mass is 32.2. The molecule has 0 amide bonds. The van der Waals surface area contributed by atoms with Crippen molar-refractivity contribution in [2.24, 2.45) is 0 Å². The fraction of sp³-hybridized carbons (Fsp3) is 0.500. The van der Waals surface area contributed by atoms with Crippen molar-refractivity contribution < 1.29 is 17.9 Å². The summed E-state index contributed by atoms with van der Waals surface area (Å²) >= 11 is -2.13. The Hall–Kier alpha value is -1.02. The van der Waals surface area contributed by atoms with Gasteiger partial charge < -0.3 is 9.64 Å². The molecule has 2 aliphatic heterocycles. The Labute approximate surface area is 113 Å². The molecule has 0 aromatic heterocycles. The summed E-state index contributed by atoms with van der Waals surface area (Å²) in [4.78, 5) is 2.07. The van der Waals surface area contributed by atoms with E-state index in [1.165, 1.54) is 6.07 Å². The van der Waals surface area contributed by atoms with Crippen molar-refractivity contribution in [3.05, 3.63) is 29.6 Å². The van der Waals surface area contributed by atoms with E-state index in [1.807, 2.05) is 6.07 Å². The Morgan fingerprint density at radius 3 is 2.79 bits per heavy atom. The molecule has 1 aromatic carbocycles. The average molecular weight is 286 g/mol. The van der Waals surface area contributed by atoms with Crippen molar-refractivity contribution in [3.63, 3.8) is 0 Å². The van der Waals surface area contributed by atoms with Gasteiger partial charge in [0.1, 0.15) is 11.4 Å². The van der Waals surface area contributed by atoms with E-state index in [-0.39, 0.29) is 18.0 Å². The van der Waals surface area contributed by atoms with Crippen LogP contribution in [0.2, 0.25) is 0 Å². The van der Waals surface area contributed by atoms with Crippen LogP contribution in [0.25, 0.3) is 0 Å². The van der Waals surface area contributed by atoms with Gasteiger partial charge >= 0.3 is 0 Å². The molecule has 104 valence electrons. The zero-order chi connectivity index (χ0) is 13.5. The van der Waals surface area contributed by atoms with Crippen LogP contribution in [0.1, 0.15) is 12.0 Å². The van der Waals surface area contributed by atoms with Gasteiger partial charge in [0.05, 0.1) is 6.61 Å². The van der Waals surface area contributed by atoms with Crippen molar-refractivity contribution in [2.45, 2.75) is 18.6 Å². The van der Waals surface area contributed by atoms with Gasteiger partial charge in [-0.05, 0) is 12.1 Å². The summed E-state index contributed by atoms with van der Waals surface area (Å²) in [5.41, 5.74) is 1.22. The first-order chi connectivity index (χ1) is 9.08. The van der Waals surface area contributed by atoms with Crippen molar-refractivity contribution in [3.8, 4) is 0 Å². The molecule has 3 rings (SSSR count). The molecule has 0 radical (unpaired) electrons. The van der Waals surface area contributed by atoms with Crippen LogP contribution in [0.4, 0.5) is 10.1 Å². The number of halogens is 1. The van der Waals surface area contributed by atoms with Crippen LogP contribution in [0.15, 0.2) is 18.2 Å². The quantitative estimate of drug-likeness (QED) is 0.812. The Kier molecular flexibility index (Phi) is 3.30. The molecule has 1 unspecified atom stereocenters. The van der Waals surface area contributed by atoms with Crippen molar-refractivity contribution in [2.75, 3.05) is 24.6 Å². The van der Waals surface area contributed by atoms with Crippen LogP contribution in [0, 0.1) is 5.82 Å². The number of hydrogen-bond donors (Lipinski definition) is 2. The smallest absolute Gasteiger partial charge is 0.232 e. The predicted molar refractivity (Wildman–Crippen MR) is 69.5 cm³/mol. The fourth-order valence-corrected chi connectivity index (χ4v) is 2.77. The zero-order valence-corrected chi connectivity index (χ0v) is 11.1. The van der Waals surface area contributed by atoms with Gasteiger partial charge in [0, 0.05) is 37.3 Å². The van der Waals surface area contributed by atoms with E-state index in [2.05, 4.69) is 9.62 Å². The minimum atomic E-state index is -2.13. The maximum Gasteiger partial charge on any atom is 0.232 e. The highest BCUT2D eigenvalue weighted by molar-refractivity contribution is 7.77. The topological polar surface area (TPSA) is 61.8 Å². The zero-order valence-electron chi connectivity index (χ0n) is 10.3. The molecule has 0 saturated carbocycles. The first-order valence-corrected chi connectivity index (χ1v) is 7.20. The first-order valence-electron chi connectivity index (χ1n) is 6.10. The van der Waals surface area contributed by atoms with E-state index in [0.717, 1.165) is 31.8 Å². The molecule has 2 fully saturated rings. The van der Waals surface area contributed by atoms with E-state index in [1.54, 1.807) is 6.07 Å². The SMILES string of the molecule is O=S(O)NCc1ccc(N2CC3(CCO3)C2)cc1F. The van der Waals surface area contributed by atoms with Gasteiger partial charge in [0.2, 0.25) is 11.3 Å². The Morgan fingerprint density at radius 1 is 1.53 bits per heavy atom. The van der Waals surface area contributed by atoms with Crippen LogP contribution < -0.4 is 9.62 Å². The van der Waals surface area contributed by atoms with E-state index < -0.39 is 11.3 Å². The van der Waals surface area contributed by atoms with Crippen LogP contribution in [0.3, 0.4) is 0 Å². The molecule has 2 N–H and O–H groups in total. The third-order valence-corrected chi connectivity index (χ3v) is 4.10. The fourth-order valence-electron chi connectivity index (χ4n) is 2.49. The van der Waals surface area contributed by atoms with E-state index in [4.69, 9.17) is 9.29 Å². The minimum Gasteiger partial charge on any atom is -0.371 e. The molecule has 5 nitrogen and oxygen atoms in total. The molecule has 1 spiro atoms.